The van der Waals surface area contributed by atoms with Gasteiger partial charge in [-0.1, -0.05) is 60.7 Å². The summed E-state index contributed by atoms with van der Waals surface area (Å²) in [5.41, 5.74) is 2.37. The fourth-order valence-electron chi connectivity index (χ4n) is 3.58. The summed E-state index contributed by atoms with van der Waals surface area (Å²) < 4.78 is 11.8. The van der Waals surface area contributed by atoms with Crippen molar-refractivity contribution in [1.29, 1.82) is 0 Å². The van der Waals surface area contributed by atoms with E-state index in [9.17, 15) is 0 Å². The van der Waals surface area contributed by atoms with Crippen LogP contribution < -0.4 is 5.32 Å². The Morgan fingerprint density at radius 1 is 0.704 bits per heavy atom. The van der Waals surface area contributed by atoms with Crippen molar-refractivity contribution in [3.63, 3.8) is 0 Å². The van der Waals surface area contributed by atoms with E-state index in [0.717, 1.165) is 11.8 Å². The van der Waals surface area contributed by atoms with Gasteiger partial charge in [0.15, 0.2) is 11.8 Å². The van der Waals surface area contributed by atoms with Crippen LogP contribution in [0.1, 0.15) is 37.1 Å². The van der Waals surface area contributed by atoms with E-state index in [0.29, 0.717) is 13.1 Å². The van der Waals surface area contributed by atoms with Crippen molar-refractivity contribution in [3.05, 3.63) is 71.8 Å². The first kappa shape index (κ1) is 17.7. The van der Waals surface area contributed by atoms with Gasteiger partial charge in [-0.15, -0.1) is 0 Å². The fourth-order valence-corrected chi connectivity index (χ4v) is 3.58. The minimum absolute atomic E-state index is 0.0479. The van der Waals surface area contributed by atoms with Gasteiger partial charge in [0.1, 0.15) is 24.3 Å². The van der Waals surface area contributed by atoms with Crippen molar-refractivity contribution in [2.24, 2.45) is 9.98 Å². The Morgan fingerprint density at radius 3 is 1.52 bits per heavy atom. The molecule has 2 aromatic carbocycles. The molecule has 4 rings (SSSR count). The number of benzene rings is 2. The van der Waals surface area contributed by atoms with E-state index < -0.39 is 0 Å². The molecule has 2 heterocycles. The maximum absolute atomic E-state index is 5.91. The third-order valence-electron chi connectivity index (χ3n) is 4.93. The summed E-state index contributed by atoms with van der Waals surface area (Å²) in [5.74, 6) is 1.48. The fraction of sp³-hybridized carbons (Fsp3) is 0.364. The molecule has 0 bridgehead atoms. The van der Waals surface area contributed by atoms with E-state index in [2.05, 4.69) is 43.4 Å². The van der Waals surface area contributed by atoms with Gasteiger partial charge >= 0.3 is 0 Å². The monoisotopic (exact) mass is 363 g/mol. The van der Waals surface area contributed by atoms with Crippen LogP contribution in [0.25, 0.3) is 0 Å². The normalized spacial score (nSPS) is 26.9. The van der Waals surface area contributed by atoms with E-state index in [-0.39, 0.29) is 24.3 Å². The Morgan fingerprint density at radius 2 is 1.11 bits per heavy atom. The number of rotatable bonds is 6. The lowest BCUT2D eigenvalue weighted by molar-refractivity contribution is 0.206. The van der Waals surface area contributed by atoms with Gasteiger partial charge in [-0.2, -0.15) is 0 Å². The number of ether oxygens (including phenoxy) is 2. The largest absolute Gasteiger partial charge is 0.474 e. The first-order valence-electron chi connectivity index (χ1n) is 9.48. The zero-order valence-electron chi connectivity index (χ0n) is 15.7. The minimum atomic E-state index is 0.0479. The summed E-state index contributed by atoms with van der Waals surface area (Å²) >= 11 is 0. The molecule has 140 valence electrons. The minimum Gasteiger partial charge on any atom is -0.474 e. The van der Waals surface area contributed by atoms with Gasteiger partial charge in [-0.25, -0.2) is 9.98 Å². The van der Waals surface area contributed by atoms with Crippen LogP contribution in [0.5, 0.6) is 0 Å². The van der Waals surface area contributed by atoms with Crippen LogP contribution in [0.2, 0.25) is 0 Å². The van der Waals surface area contributed by atoms with Crippen LogP contribution in [-0.2, 0) is 9.47 Å². The summed E-state index contributed by atoms with van der Waals surface area (Å²) in [6.45, 7) is 5.26. The molecule has 0 aliphatic carbocycles. The molecule has 0 fully saturated rings. The number of aliphatic imine (C=N–C) groups is 2. The molecule has 0 aromatic heterocycles. The van der Waals surface area contributed by atoms with E-state index in [1.807, 2.05) is 36.4 Å². The van der Waals surface area contributed by atoms with Crippen LogP contribution in [0.4, 0.5) is 0 Å². The molecule has 2 aliphatic rings. The number of hydrogen-bond acceptors (Lipinski definition) is 5. The van der Waals surface area contributed by atoms with Gasteiger partial charge in [-0.3, -0.25) is 0 Å². The molecular formula is C22H25N3O2. The van der Waals surface area contributed by atoms with Gasteiger partial charge in [0, 0.05) is 0 Å². The van der Waals surface area contributed by atoms with E-state index in [4.69, 9.17) is 19.5 Å². The molecule has 1 N–H and O–H groups in total. The van der Waals surface area contributed by atoms with E-state index in [1.54, 1.807) is 0 Å². The van der Waals surface area contributed by atoms with E-state index in [1.165, 1.54) is 11.1 Å². The van der Waals surface area contributed by atoms with Gasteiger partial charge < -0.3 is 14.8 Å². The van der Waals surface area contributed by atoms with Crippen molar-refractivity contribution >= 4 is 11.8 Å². The second-order valence-corrected chi connectivity index (χ2v) is 7.01. The van der Waals surface area contributed by atoms with Gasteiger partial charge in [-0.05, 0) is 25.0 Å². The lowest BCUT2D eigenvalue weighted by Gasteiger charge is -2.13. The molecule has 0 spiro atoms. The highest BCUT2D eigenvalue weighted by Crippen LogP contribution is 2.29. The third-order valence-corrected chi connectivity index (χ3v) is 4.93. The molecule has 2 aliphatic heterocycles. The zero-order chi connectivity index (χ0) is 18.6. The van der Waals surface area contributed by atoms with Crippen molar-refractivity contribution in [3.8, 4) is 0 Å². The highest BCUT2D eigenvalue weighted by Gasteiger charge is 2.30. The molecule has 0 amide bonds. The highest BCUT2D eigenvalue weighted by molar-refractivity contribution is 5.83. The molecule has 2 aromatic rings. The maximum Gasteiger partial charge on any atom is 0.198 e. The molecule has 4 atom stereocenters. The summed E-state index contributed by atoms with van der Waals surface area (Å²) in [7, 11) is 0. The average Bonchev–Trinajstić information content (AvgIpc) is 3.25. The first-order valence-corrected chi connectivity index (χ1v) is 9.48. The van der Waals surface area contributed by atoms with E-state index >= 15 is 0 Å². The predicted octanol–water partition coefficient (Wildman–Crippen LogP) is 3.69. The lowest BCUT2D eigenvalue weighted by Crippen LogP contribution is -2.30. The molecule has 0 saturated heterocycles. The van der Waals surface area contributed by atoms with Crippen LogP contribution in [-0.4, -0.2) is 37.1 Å². The average molecular weight is 363 g/mol. The summed E-state index contributed by atoms with van der Waals surface area (Å²) in [4.78, 5) is 9.46. The Labute approximate surface area is 160 Å². The van der Waals surface area contributed by atoms with Gasteiger partial charge in [0.25, 0.3) is 0 Å². The summed E-state index contributed by atoms with van der Waals surface area (Å²) in [5, 5.41) is 3.34. The molecule has 5 nitrogen and oxygen atoms in total. The smallest absolute Gasteiger partial charge is 0.198 e. The molecule has 0 radical (unpaired) electrons. The molecular weight excluding hydrogens is 338 g/mol. The van der Waals surface area contributed by atoms with Crippen molar-refractivity contribution in [2.45, 2.75) is 38.1 Å². The Balaban J connectivity index is 1.33. The Hall–Kier alpha value is -2.66. The predicted molar refractivity (Wildman–Crippen MR) is 107 cm³/mol. The van der Waals surface area contributed by atoms with Crippen LogP contribution >= 0.6 is 0 Å². The number of nitrogens with zero attached hydrogens (tertiary/aromatic N) is 2. The second kappa shape index (κ2) is 7.92. The summed E-state index contributed by atoms with van der Waals surface area (Å²) in [6, 6.07) is 20.7. The SMILES string of the molecule is C[C@@H]1OC(CNCC2=N[C@@H](c3ccccc3)[C@@H](C)O2)=N[C@@H]1c1ccccc1. The van der Waals surface area contributed by atoms with Crippen molar-refractivity contribution in [1.82, 2.24) is 5.32 Å². The lowest BCUT2D eigenvalue weighted by atomic mass is 10.0. The molecule has 27 heavy (non-hydrogen) atoms. The topological polar surface area (TPSA) is 55.2 Å². The van der Waals surface area contributed by atoms with Crippen molar-refractivity contribution < 1.29 is 9.47 Å². The Bertz CT molecular complexity index is 750. The quantitative estimate of drug-likeness (QED) is 0.851. The van der Waals surface area contributed by atoms with Crippen molar-refractivity contribution in [2.75, 3.05) is 13.1 Å². The highest BCUT2D eigenvalue weighted by atomic mass is 16.5. The zero-order valence-corrected chi connectivity index (χ0v) is 15.7. The second-order valence-electron chi connectivity index (χ2n) is 7.01. The molecule has 0 unspecified atom stereocenters. The number of nitrogens with one attached hydrogen (secondary N) is 1. The standard InChI is InChI=1S/C22H25N3O2/c1-15-21(17-9-5-3-6-10-17)24-19(26-15)13-23-14-20-25-22(16(2)27-20)18-11-7-4-8-12-18/h3-12,15-16,21-23H,13-14H2,1-2H3/t15-,16+,21-,22+. The third kappa shape index (κ3) is 4.03. The van der Waals surface area contributed by atoms with Crippen LogP contribution in [0, 0.1) is 0 Å². The maximum atomic E-state index is 5.91. The summed E-state index contributed by atoms with van der Waals surface area (Å²) in [6.07, 6.45) is 0.0958. The molecule has 5 heteroatoms. The van der Waals surface area contributed by atoms with Gasteiger partial charge in [0.05, 0.1) is 13.1 Å². The number of hydrogen-bond donors (Lipinski definition) is 1. The molecule has 0 saturated carbocycles. The van der Waals surface area contributed by atoms with Crippen LogP contribution in [0.15, 0.2) is 70.6 Å². The first-order chi connectivity index (χ1) is 13.2. The Kier molecular flexibility index (Phi) is 5.21. The van der Waals surface area contributed by atoms with Gasteiger partial charge in [0.2, 0.25) is 0 Å². The van der Waals surface area contributed by atoms with Crippen LogP contribution in [0.3, 0.4) is 0 Å².